The molecule has 5 aromatic rings. The first-order chi connectivity index (χ1) is 22.6. The fourth-order valence-electron chi connectivity index (χ4n) is 5.89. The Bertz CT molecular complexity index is 1750. The van der Waals surface area contributed by atoms with Crippen molar-refractivity contribution < 1.29 is 28.5 Å². The summed E-state index contributed by atoms with van der Waals surface area (Å²) in [4.78, 5) is 12.4. The zero-order valence-electron chi connectivity index (χ0n) is 26.1. The third-order valence-corrected chi connectivity index (χ3v) is 8.33. The van der Waals surface area contributed by atoms with Gasteiger partial charge in [0.2, 0.25) is 0 Å². The zero-order valence-corrected chi connectivity index (χ0v) is 26.1. The van der Waals surface area contributed by atoms with Gasteiger partial charge in [-0.2, -0.15) is 0 Å². The molecule has 1 aliphatic heterocycles. The number of rotatable bonds is 13. The van der Waals surface area contributed by atoms with E-state index in [1.54, 1.807) is 19.2 Å². The summed E-state index contributed by atoms with van der Waals surface area (Å²) in [5.41, 5.74) is 2.94. The van der Waals surface area contributed by atoms with Crippen molar-refractivity contribution in [3.05, 3.63) is 138 Å². The van der Waals surface area contributed by atoms with Crippen LogP contribution in [0.2, 0.25) is 0 Å². The van der Waals surface area contributed by atoms with Crippen LogP contribution in [-0.4, -0.2) is 39.4 Å². The maximum atomic E-state index is 12.4. The van der Waals surface area contributed by atoms with E-state index in [-0.39, 0.29) is 19.2 Å². The summed E-state index contributed by atoms with van der Waals surface area (Å²) in [6.45, 7) is 2.78. The molecule has 5 aromatic carbocycles. The molecule has 0 spiro atoms. The molecule has 7 heteroatoms. The van der Waals surface area contributed by atoms with Gasteiger partial charge in [-0.15, -0.1) is 0 Å². The van der Waals surface area contributed by atoms with Gasteiger partial charge >= 0.3 is 5.97 Å². The standard InChI is InChI=1S/C39H39NO6/c1-42-34-15-9-10-29(24-34)27-45-37-26-32-14-6-5-13-31(32)25-33(37)28-46-39(18-20-40-21-19-39)35-16-7-8-17-36(35)43-22-23-44-38(41)30-11-3-2-4-12-30/h2-17,24-26,40H,18-23,27-28H2,1H3. The van der Waals surface area contributed by atoms with Crippen molar-refractivity contribution in [2.24, 2.45) is 0 Å². The minimum Gasteiger partial charge on any atom is -0.497 e. The van der Waals surface area contributed by atoms with Crippen LogP contribution in [0.1, 0.15) is 39.9 Å². The van der Waals surface area contributed by atoms with E-state index in [0.717, 1.165) is 70.6 Å². The third kappa shape index (κ3) is 7.50. The number of benzene rings is 5. The van der Waals surface area contributed by atoms with Gasteiger partial charge in [-0.1, -0.05) is 72.8 Å². The molecule has 46 heavy (non-hydrogen) atoms. The number of esters is 1. The summed E-state index contributed by atoms with van der Waals surface area (Å²) in [6, 6.07) is 37.4. The Morgan fingerprint density at radius 1 is 0.717 bits per heavy atom. The van der Waals surface area contributed by atoms with E-state index in [0.29, 0.717) is 18.8 Å². The molecule has 0 bridgehead atoms. The van der Waals surface area contributed by atoms with Crippen molar-refractivity contribution in [3.63, 3.8) is 0 Å². The van der Waals surface area contributed by atoms with Crippen molar-refractivity contribution in [1.82, 2.24) is 5.32 Å². The Labute approximate surface area is 270 Å². The summed E-state index contributed by atoms with van der Waals surface area (Å²) in [7, 11) is 1.67. The Morgan fingerprint density at radius 3 is 2.26 bits per heavy atom. The molecule has 6 rings (SSSR count). The average molecular weight is 618 g/mol. The quantitative estimate of drug-likeness (QED) is 0.109. The van der Waals surface area contributed by atoms with Gasteiger partial charge in [0.15, 0.2) is 0 Å². The van der Waals surface area contributed by atoms with E-state index >= 15 is 0 Å². The predicted octanol–water partition coefficient (Wildman–Crippen LogP) is 7.46. The summed E-state index contributed by atoms with van der Waals surface area (Å²) < 4.78 is 30.5. The Hall–Kier alpha value is -4.85. The van der Waals surface area contributed by atoms with E-state index in [9.17, 15) is 4.79 Å². The minimum absolute atomic E-state index is 0.141. The SMILES string of the molecule is COc1cccc(COc2cc3ccccc3cc2COC2(c3ccccc3OCCOC(=O)c3ccccc3)CCNCC2)c1. The van der Waals surface area contributed by atoms with Crippen LogP contribution in [0, 0.1) is 0 Å². The molecular weight excluding hydrogens is 578 g/mol. The molecule has 0 aromatic heterocycles. The lowest BCUT2D eigenvalue weighted by molar-refractivity contribution is -0.0839. The number of hydrogen-bond donors (Lipinski definition) is 1. The van der Waals surface area contributed by atoms with Gasteiger partial charge in [0, 0.05) is 11.1 Å². The normalized spacial score (nSPS) is 14.0. The van der Waals surface area contributed by atoms with Gasteiger partial charge in [-0.3, -0.25) is 0 Å². The first kappa shape index (κ1) is 31.1. The van der Waals surface area contributed by atoms with Gasteiger partial charge in [-0.25, -0.2) is 4.79 Å². The predicted molar refractivity (Wildman–Crippen MR) is 179 cm³/mol. The van der Waals surface area contributed by atoms with Crippen LogP contribution >= 0.6 is 0 Å². The largest absolute Gasteiger partial charge is 0.497 e. The van der Waals surface area contributed by atoms with Crippen LogP contribution in [-0.2, 0) is 28.3 Å². The molecule has 0 saturated carbocycles. The van der Waals surface area contributed by atoms with Crippen molar-refractivity contribution in [3.8, 4) is 17.2 Å². The topological polar surface area (TPSA) is 75.2 Å². The van der Waals surface area contributed by atoms with Gasteiger partial charge in [0.05, 0.1) is 24.9 Å². The fraction of sp³-hybridized carbons (Fsp3) is 0.256. The van der Waals surface area contributed by atoms with Gasteiger partial charge in [0.25, 0.3) is 0 Å². The number of fused-ring (bicyclic) bond motifs is 1. The zero-order chi connectivity index (χ0) is 31.6. The fourth-order valence-corrected chi connectivity index (χ4v) is 5.89. The lowest BCUT2D eigenvalue weighted by Crippen LogP contribution is -2.42. The molecule has 1 aliphatic rings. The van der Waals surface area contributed by atoms with Gasteiger partial charge in [-0.05, 0) is 84.7 Å². The Kier molecular flexibility index (Phi) is 10.1. The number of methoxy groups -OCH3 is 1. The molecule has 1 heterocycles. The van der Waals surface area contributed by atoms with Crippen molar-refractivity contribution in [2.75, 3.05) is 33.4 Å². The van der Waals surface area contributed by atoms with Crippen LogP contribution in [0.25, 0.3) is 10.8 Å². The second-order valence-electron chi connectivity index (χ2n) is 11.3. The number of hydrogen-bond acceptors (Lipinski definition) is 7. The molecular formula is C39H39NO6. The monoisotopic (exact) mass is 617 g/mol. The highest BCUT2D eigenvalue weighted by Crippen LogP contribution is 2.41. The maximum absolute atomic E-state index is 12.4. The highest BCUT2D eigenvalue weighted by molar-refractivity contribution is 5.89. The number of ether oxygens (including phenoxy) is 5. The van der Waals surface area contributed by atoms with Gasteiger partial charge < -0.3 is 29.0 Å². The molecule has 7 nitrogen and oxygen atoms in total. The summed E-state index contributed by atoms with van der Waals surface area (Å²) in [6.07, 6.45) is 1.56. The van der Waals surface area contributed by atoms with Crippen LogP contribution in [0.5, 0.6) is 17.2 Å². The van der Waals surface area contributed by atoms with E-state index in [2.05, 4.69) is 35.6 Å². The van der Waals surface area contributed by atoms with Gasteiger partial charge in [0.1, 0.15) is 37.1 Å². The smallest absolute Gasteiger partial charge is 0.338 e. The first-order valence-electron chi connectivity index (χ1n) is 15.7. The summed E-state index contributed by atoms with van der Waals surface area (Å²) >= 11 is 0. The number of piperidine rings is 1. The van der Waals surface area contributed by atoms with Crippen molar-refractivity contribution >= 4 is 16.7 Å². The maximum Gasteiger partial charge on any atom is 0.338 e. The molecule has 1 N–H and O–H groups in total. The van der Waals surface area contributed by atoms with Crippen molar-refractivity contribution in [2.45, 2.75) is 31.7 Å². The number of para-hydroxylation sites is 1. The molecule has 1 saturated heterocycles. The van der Waals surface area contributed by atoms with E-state index in [1.165, 1.54) is 0 Å². The highest BCUT2D eigenvalue weighted by atomic mass is 16.6. The Morgan fingerprint density at radius 2 is 1.46 bits per heavy atom. The van der Waals surface area contributed by atoms with Crippen LogP contribution in [0.15, 0.2) is 115 Å². The van der Waals surface area contributed by atoms with E-state index in [1.807, 2.05) is 72.8 Å². The lowest BCUT2D eigenvalue weighted by atomic mass is 9.84. The minimum atomic E-state index is -0.571. The second kappa shape index (κ2) is 15.0. The molecule has 1 fully saturated rings. The molecule has 0 amide bonds. The van der Waals surface area contributed by atoms with Crippen LogP contribution in [0.4, 0.5) is 0 Å². The first-order valence-corrected chi connectivity index (χ1v) is 15.7. The highest BCUT2D eigenvalue weighted by Gasteiger charge is 2.37. The lowest BCUT2D eigenvalue weighted by Gasteiger charge is -2.39. The molecule has 236 valence electrons. The molecule has 0 aliphatic carbocycles. The average Bonchev–Trinajstić information content (AvgIpc) is 3.12. The van der Waals surface area contributed by atoms with E-state index < -0.39 is 5.60 Å². The number of nitrogens with one attached hydrogen (secondary N) is 1. The number of carbonyl (C=O) groups excluding carboxylic acids is 1. The Balaban J connectivity index is 1.20. The second-order valence-corrected chi connectivity index (χ2v) is 11.3. The third-order valence-electron chi connectivity index (χ3n) is 8.33. The molecule has 0 atom stereocenters. The summed E-state index contributed by atoms with van der Waals surface area (Å²) in [5, 5.41) is 5.71. The van der Waals surface area contributed by atoms with Crippen molar-refractivity contribution in [1.29, 1.82) is 0 Å². The molecule has 0 unspecified atom stereocenters. The van der Waals surface area contributed by atoms with E-state index in [4.69, 9.17) is 23.7 Å². The summed E-state index contributed by atoms with van der Waals surface area (Å²) in [5.74, 6) is 1.95. The van der Waals surface area contributed by atoms with Crippen LogP contribution < -0.4 is 19.5 Å². The molecule has 0 radical (unpaired) electrons. The number of carbonyl (C=O) groups is 1. The van der Waals surface area contributed by atoms with Crippen LogP contribution in [0.3, 0.4) is 0 Å².